The first kappa shape index (κ1) is 13.1. The lowest BCUT2D eigenvalue weighted by atomic mass is 10.1. The minimum Gasteiger partial charge on any atom is -0.336 e. The van der Waals surface area contributed by atoms with Crippen molar-refractivity contribution in [3.63, 3.8) is 0 Å². The average Bonchev–Trinajstić information content (AvgIpc) is 2.83. The van der Waals surface area contributed by atoms with Crippen molar-refractivity contribution in [3.8, 4) is 0 Å². The van der Waals surface area contributed by atoms with Gasteiger partial charge >= 0.3 is 0 Å². The number of rotatable bonds is 2. The Morgan fingerprint density at radius 2 is 2.24 bits per heavy atom. The average molecular weight is 317 g/mol. The fourth-order valence-electron chi connectivity index (χ4n) is 2.38. The van der Waals surface area contributed by atoms with Crippen LogP contribution >= 0.6 is 27.3 Å². The summed E-state index contributed by atoms with van der Waals surface area (Å²) in [5, 5.41) is 1.94. The number of halogens is 1. The monoisotopic (exact) mass is 316 g/mol. The van der Waals surface area contributed by atoms with Crippen molar-refractivity contribution < 1.29 is 4.79 Å². The summed E-state index contributed by atoms with van der Waals surface area (Å²) in [5.41, 5.74) is 0. The van der Waals surface area contributed by atoms with E-state index in [9.17, 15) is 4.79 Å². The van der Waals surface area contributed by atoms with E-state index in [4.69, 9.17) is 0 Å². The minimum absolute atomic E-state index is 0.156. The van der Waals surface area contributed by atoms with E-state index in [1.54, 1.807) is 0 Å². The van der Waals surface area contributed by atoms with Crippen molar-refractivity contribution in [2.45, 2.75) is 13.0 Å². The first-order valence-electron chi connectivity index (χ1n) is 5.69. The summed E-state index contributed by atoms with van der Waals surface area (Å²) in [4.78, 5) is 17.3. The fraction of sp³-hybridized carbons (Fsp3) is 0.583. The standard InChI is InChI=1S/C12H17BrN2OS/c1-8-6-15(7-10(8)14(2)3)12(16)11-9(13)4-5-17-11/h4-5,8,10H,6-7H2,1-3H3. The number of likely N-dealkylation sites (N-methyl/N-ethyl adjacent to an activating group) is 1. The van der Waals surface area contributed by atoms with Crippen molar-refractivity contribution in [3.05, 3.63) is 20.8 Å². The van der Waals surface area contributed by atoms with Crippen LogP contribution in [0.15, 0.2) is 15.9 Å². The first-order chi connectivity index (χ1) is 8.00. The SMILES string of the molecule is CC1CN(C(=O)c2sccc2Br)CC1N(C)C. The summed E-state index contributed by atoms with van der Waals surface area (Å²) in [7, 11) is 4.16. The molecule has 0 saturated carbocycles. The number of likely N-dealkylation sites (tertiary alicyclic amines) is 1. The molecule has 0 bridgehead atoms. The van der Waals surface area contributed by atoms with Gasteiger partial charge < -0.3 is 9.80 Å². The van der Waals surface area contributed by atoms with Gasteiger partial charge in [0.25, 0.3) is 5.91 Å². The molecule has 0 N–H and O–H groups in total. The van der Waals surface area contributed by atoms with E-state index in [1.165, 1.54) is 11.3 Å². The Morgan fingerprint density at radius 1 is 1.53 bits per heavy atom. The van der Waals surface area contributed by atoms with Crippen molar-refractivity contribution in [1.82, 2.24) is 9.80 Å². The Hall–Kier alpha value is -0.390. The van der Waals surface area contributed by atoms with Gasteiger partial charge in [-0.1, -0.05) is 6.92 Å². The van der Waals surface area contributed by atoms with Gasteiger partial charge in [-0.05, 0) is 47.4 Å². The number of hydrogen-bond donors (Lipinski definition) is 0. The summed E-state index contributed by atoms with van der Waals surface area (Å²) >= 11 is 4.93. The van der Waals surface area contributed by atoms with Crippen LogP contribution in [-0.4, -0.2) is 48.9 Å². The highest BCUT2D eigenvalue weighted by Crippen LogP contribution is 2.27. The second-order valence-corrected chi connectivity index (χ2v) is 6.59. The van der Waals surface area contributed by atoms with Gasteiger partial charge in [0.2, 0.25) is 0 Å². The molecule has 1 amide bonds. The molecule has 1 aliphatic heterocycles. The number of amides is 1. The molecule has 3 nitrogen and oxygen atoms in total. The molecule has 5 heteroatoms. The lowest BCUT2D eigenvalue weighted by Crippen LogP contribution is -2.35. The van der Waals surface area contributed by atoms with Gasteiger partial charge in [-0.3, -0.25) is 4.79 Å². The molecule has 0 aliphatic carbocycles. The smallest absolute Gasteiger partial charge is 0.265 e. The van der Waals surface area contributed by atoms with E-state index < -0.39 is 0 Å². The molecule has 0 aromatic carbocycles. The molecule has 2 unspecified atom stereocenters. The molecule has 2 rings (SSSR count). The molecule has 17 heavy (non-hydrogen) atoms. The molecule has 0 spiro atoms. The number of nitrogens with zero attached hydrogens (tertiary/aromatic N) is 2. The van der Waals surface area contributed by atoms with E-state index >= 15 is 0 Å². The summed E-state index contributed by atoms with van der Waals surface area (Å²) in [5.74, 6) is 0.691. The molecule has 1 fully saturated rings. The summed E-state index contributed by atoms with van der Waals surface area (Å²) in [6.07, 6.45) is 0. The van der Waals surface area contributed by atoms with Gasteiger partial charge in [-0.25, -0.2) is 0 Å². The van der Waals surface area contributed by atoms with Gasteiger partial charge in [0, 0.05) is 23.6 Å². The van der Waals surface area contributed by atoms with E-state index in [0.717, 1.165) is 22.4 Å². The molecule has 2 atom stereocenters. The quantitative estimate of drug-likeness (QED) is 0.837. The lowest BCUT2D eigenvalue weighted by molar-refractivity contribution is 0.0785. The van der Waals surface area contributed by atoms with Gasteiger partial charge in [-0.15, -0.1) is 11.3 Å². The van der Waals surface area contributed by atoms with Crippen LogP contribution in [0.4, 0.5) is 0 Å². The summed E-state index contributed by atoms with van der Waals surface area (Å²) < 4.78 is 0.911. The molecular formula is C12H17BrN2OS. The van der Waals surface area contributed by atoms with E-state index in [0.29, 0.717) is 12.0 Å². The molecule has 0 radical (unpaired) electrons. The van der Waals surface area contributed by atoms with E-state index in [2.05, 4.69) is 41.8 Å². The van der Waals surface area contributed by atoms with Crippen LogP contribution in [0.2, 0.25) is 0 Å². The second kappa shape index (κ2) is 5.08. The Labute approximate surface area is 115 Å². The fourth-order valence-corrected chi connectivity index (χ4v) is 3.89. The van der Waals surface area contributed by atoms with Gasteiger partial charge in [0.1, 0.15) is 4.88 Å². The Kier molecular flexibility index (Phi) is 3.90. The van der Waals surface area contributed by atoms with Crippen LogP contribution in [0.5, 0.6) is 0 Å². The van der Waals surface area contributed by atoms with Gasteiger partial charge in [-0.2, -0.15) is 0 Å². The second-order valence-electron chi connectivity index (χ2n) is 4.82. The maximum absolute atomic E-state index is 12.3. The predicted molar refractivity (Wildman–Crippen MR) is 74.6 cm³/mol. The molecule has 1 aromatic rings. The van der Waals surface area contributed by atoms with Crippen LogP contribution in [0.1, 0.15) is 16.6 Å². The van der Waals surface area contributed by atoms with Crippen LogP contribution < -0.4 is 0 Å². The molecular weight excluding hydrogens is 300 g/mol. The number of thiophene rings is 1. The largest absolute Gasteiger partial charge is 0.336 e. The van der Waals surface area contributed by atoms with Gasteiger partial charge in [0.05, 0.1) is 0 Å². The van der Waals surface area contributed by atoms with Crippen LogP contribution in [0, 0.1) is 5.92 Å². The molecule has 1 aromatic heterocycles. The van der Waals surface area contributed by atoms with Crippen LogP contribution in [0.3, 0.4) is 0 Å². The van der Waals surface area contributed by atoms with Crippen molar-refractivity contribution in [1.29, 1.82) is 0 Å². The number of hydrogen-bond acceptors (Lipinski definition) is 3. The zero-order valence-electron chi connectivity index (χ0n) is 10.3. The highest BCUT2D eigenvalue weighted by Gasteiger charge is 2.34. The Bertz CT molecular complexity index is 418. The third kappa shape index (κ3) is 2.56. The third-order valence-electron chi connectivity index (χ3n) is 3.33. The number of carbonyl (C=O) groups excluding carboxylic acids is 1. The van der Waals surface area contributed by atoms with E-state index in [1.807, 2.05) is 16.3 Å². The maximum Gasteiger partial charge on any atom is 0.265 e. The Morgan fingerprint density at radius 3 is 2.71 bits per heavy atom. The van der Waals surface area contributed by atoms with Crippen LogP contribution in [-0.2, 0) is 0 Å². The first-order valence-corrected chi connectivity index (χ1v) is 7.36. The van der Waals surface area contributed by atoms with Crippen molar-refractivity contribution in [2.75, 3.05) is 27.2 Å². The third-order valence-corrected chi connectivity index (χ3v) is 5.16. The van der Waals surface area contributed by atoms with E-state index in [-0.39, 0.29) is 5.91 Å². The predicted octanol–water partition coefficient (Wildman–Crippen LogP) is 2.53. The molecule has 1 aliphatic rings. The lowest BCUT2D eigenvalue weighted by Gasteiger charge is -2.22. The number of carbonyl (C=O) groups is 1. The normalized spacial score (nSPS) is 24.6. The Balaban J connectivity index is 2.11. The highest BCUT2D eigenvalue weighted by atomic mass is 79.9. The summed E-state index contributed by atoms with van der Waals surface area (Å²) in [6, 6.07) is 2.40. The highest BCUT2D eigenvalue weighted by molar-refractivity contribution is 9.10. The topological polar surface area (TPSA) is 23.6 Å². The van der Waals surface area contributed by atoms with Crippen LogP contribution in [0.25, 0.3) is 0 Å². The molecule has 2 heterocycles. The summed E-state index contributed by atoms with van der Waals surface area (Å²) in [6.45, 7) is 3.89. The zero-order chi connectivity index (χ0) is 12.6. The van der Waals surface area contributed by atoms with Gasteiger partial charge in [0.15, 0.2) is 0 Å². The van der Waals surface area contributed by atoms with Crippen molar-refractivity contribution >= 4 is 33.2 Å². The molecule has 1 saturated heterocycles. The molecule has 94 valence electrons. The zero-order valence-corrected chi connectivity index (χ0v) is 12.7. The maximum atomic E-state index is 12.3. The van der Waals surface area contributed by atoms with Crippen molar-refractivity contribution in [2.24, 2.45) is 5.92 Å². The minimum atomic E-state index is 0.156.